The van der Waals surface area contributed by atoms with Crippen LogP contribution in [0.2, 0.25) is 0 Å². The van der Waals surface area contributed by atoms with Crippen molar-refractivity contribution in [2.75, 3.05) is 5.32 Å². The van der Waals surface area contributed by atoms with Crippen LogP contribution in [-0.2, 0) is 6.54 Å². The van der Waals surface area contributed by atoms with E-state index in [-0.39, 0.29) is 5.69 Å². The largest absolute Gasteiger partial charge is 0.333 e. The number of anilines is 1. The van der Waals surface area contributed by atoms with Gasteiger partial charge in [0, 0.05) is 22.2 Å². The Bertz CT molecular complexity index is 897. The molecule has 3 aromatic rings. The first kappa shape index (κ1) is 17.0. The fourth-order valence-electron chi connectivity index (χ4n) is 2.21. The molecule has 0 aliphatic heterocycles. The molecule has 4 nitrogen and oxygen atoms in total. The Kier molecular flexibility index (Phi) is 5.04. The monoisotopic (exact) mass is 359 g/mol. The third-order valence-corrected chi connectivity index (χ3v) is 4.71. The second-order valence-corrected chi connectivity index (χ2v) is 6.41. The molecule has 0 aliphatic rings. The van der Waals surface area contributed by atoms with E-state index in [1.54, 1.807) is 0 Å². The van der Waals surface area contributed by atoms with Crippen LogP contribution in [-0.4, -0.2) is 11.0 Å². The van der Waals surface area contributed by atoms with E-state index in [0.717, 1.165) is 33.3 Å². The van der Waals surface area contributed by atoms with Gasteiger partial charge in [0.15, 0.2) is 11.6 Å². The van der Waals surface area contributed by atoms with Crippen LogP contribution in [0.5, 0.6) is 0 Å². The second kappa shape index (κ2) is 7.40. The number of hydrogen-bond acceptors (Lipinski definition) is 3. The number of benzene rings is 2. The molecule has 3 rings (SSSR count). The van der Waals surface area contributed by atoms with Gasteiger partial charge in [-0.15, -0.1) is 11.3 Å². The van der Waals surface area contributed by atoms with Crippen molar-refractivity contribution in [3.8, 4) is 10.6 Å². The number of amides is 2. The SMILES string of the molecule is Cc1nc(-c2ccccc2)sc1CNC(=O)Nc1ccc(F)c(F)c1. The van der Waals surface area contributed by atoms with Crippen molar-refractivity contribution in [1.82, 2.24) is 10.3 Å². The van der Waals surface area contributed by atoms with Crippen molar-refractivity contribution >= 4 is 23.1 Å². The van der Waals surface area contributed by atoms with Gasteiger partial charge in [-0.2, -0.15) is 0 Å². The van der Waals surface area contributed by atoms with Crippen molar-refractivity contribution in [3.63, 3.8) is 0 Å². The van der Waals surface area contributed by atoms with E-state index in [1.165, 1.54) is 17.4 Å². The van der Waals surface area contributed by atoms with Crippen LogP contribution in [0.15, 0.2) is 48.5 Å². The van der Waals surface area contributed by atoms with Gasteiger partial charge in [0.2, 0.25) is 0 Å². The minimum atomic E-state index is -1.01. The molecular formula is C18H15F2N3OS. The summed E-state index contributed by atoms with van der Waals surface area (Å²) in [5.74, 6) is -1.97. The van der Waals surface area contributed by atoms with E-state index in [4.69, 9.17) is 0 Å². The lowest BCUT2D eigenvalue weighted by Crippen LogP contribution is -2.28. The molecule has 0 atom stereocenters. The molecule has 128 valence electrons. The lowest BCUT2D eigenvalue weighted by Gasteiger charge is -2.07. The molecule has 2 N–H and O–H groups in total. The molecule has 0 unspecified atom stereocenters. The van der Waals surface area contributed by atoms with Gasteiger partial charge in [-0.3, -0.25) is 0 Å². The highest BCUT2D eigenvalue weighted by molar-refractivity contribution is 7.15. The summed E-state index contributed by atoms with van der Waals surface area (Å²) in [7, 11) is 0. The standard InChI is InChI=1S/C18H15F2N3OS/c1-11-16(25-17(22-11)12-5-3-2-4-6-12)10-21-18(24)23-13-7-8-14(19)15(20)9-13/h2-9H,10H2,1H3,(H2,21,23,24). The maximum absolute atomic E-state index is 13.1. The summed E-state index contributed by atoms with van der Waals surface area (Å²) in [6, 6.07) is 12.5. The van der Waals surface area contributed by atoms with E-state index in [0.29, 0.717) is 6.54 Å². The third-order valence-electron chi connectivity index (χ3n) is 3.50. The number of nitrogens with zero attached hydrogens (tertiary/aromatic N) is 1. The summed E-state index contributed by atoms with van der Waals surface area (Å²) >= 11 is 1.50. The van der Waals surface area contributed by atoms with Crippen LogP contribution in [0.4, 0.5) is 19.3 Å². The lowest BCUT2D eigenvalue weighted by molar-refractivity contribution is 0.252. The highest BCUT2D eigenvalue weighted by atomic mass is 32.1. The normalized spacial score (nSPS) is 10.5. The number of thiazole rings is 1. The van der Waals surface area contributed by atoms with Crippen LogP contribution in [0.25, 0.3) is 10.6 Å². The van der Waals surface area contributed by atoms with Crippen LogP contribution in [0.3, 0.4) is 0 Å². The average molecular weight is 359 g/mol. The summed E-state index contributed by atoms with van der Waals surface area (Å²) in [4.78, 5) is 17.4. The number of carbonyl (C=O) groups excluding carboxylic acids is 1. The van der Waals surface area contributed by atoms with Crippen LogP contribution in [0, 0.1) is 18.6 Å². The molecule has 25 heavy (non-hydrogen) atoms. The summed E-state index contributed by atoms with van der Waals surface area (Å²) in [6.07, 6.45) is 0. The minimum Gasteiger partial charge on any atom is -0.333 e. The maximum Gasteiger partial charge on any atom is 0.319 e. The summed E-state index contributed by atoms with van der Waals surface area (Å²) in [5, 5.41) is 6.04. The molecule has 0 aliphatic carbocycles. The zero-order chi connectivity index (χ0) is 17.8. The molecule has 2 aromatic carbocycles. The first-order valence-corrected chi connectivity index (χ1v) is 8.36. The molecule has 1 aromatic heterocycles. The van der Waals surface area contributed by atoms with Gasteiger partial charge in [-0.25, -0.2) is 18.6 Å². The predicted octanol–water partition coefficient (Wildman–Crippen LogP) is 4.72. The second-order valence-electron chi connectivity index (χ2n) is 5.33. The Hall–Kier alpha value is -2.80. The molecule has 2 amide bonds. The highest BCUT2D eigenvalue weighted by Gasteiger charge is 2.11. The van der Waals surface area contributed by atoms with E-state index in [9.17, 15) is 13.6 Å². The van der Waals surface area contributed by atoms with Crippen molar-refractivity contribution in [2.24, 2.45) is 0 Å². The Morgan fingerprint density at radius 3 is 2.60 bits per heavy atom. The smallest absolute Gasteiger partial charge is 0.319 e. The van der Waals surface area contributed by atoms with Gasteiger partial charge in [-0.05, 0) is 19.1 Å². The zero-order valence-electron chi connectivity index (χ0n) is 13.3. The van der Waals surface area contributed by atoms with E-state index >= 15 is 0 Å². The average Bonchev–Trinajstić information content (AvgIpc) is 2.98. The number of rotatable bonds is 4. The van der Waals surface area contributed by atoms with Crippen LogP contribution >= 0.6 is 11.3 Å². The van der Waals surface area contributed by atoms with Crippen molar-refractivity contribution in [1.29, 1.82) is 0 Å². The number of halogens is 2. The molecule has 0 fully saturated rings. The number of urea groups is 1. The number of aryl methyl sites for hydroxylation is 1. The molecule has 0 bridgehead atoms. The molecule has 1 heterocycles. The fraction of sp³-hybridized carbons (Fsp3) is 0.111. The quantitative estimate of drug-likeness (QED) is 0.708. The summed E-state index contributed by atoms with van der Waals surface area (Å²) < 4.78 is 26.0. The van der Waals surface area contributed by atoms with Gasteiger partial charge in [0.05, 0.1) is 12.2 Å². The summed E-state index contributed by atoms with van der Waals surface area (Å²) in [5.41, 5.74) is 2.05. The highest BCUT2D eigenvalue weighted by Crippen LogP contribution is 2.27. The number of aromatic nitrogens is 1. The van der Waals surface area contributed by atoms with Gasteiger partial charge in [0.25, 0.3) is 0 Å². The van der Waals surface area contributed by atoms with E-state index < -0.39 is 17.7 Å². The van der Waals surface area contributed by atoms with E-state index in [1.807, 2.05) is 37.3 Å². The Labute approximate surface area is 147 Å². The predicted molar refractivity (Wildman–Crippen MR) is 94.5 cm³/mol. The summed E-state index contributed by atoms with van der Waals surface area (Å²) in [6.45, 7) is 2.18. The first-order chi connectivity index (χ1) is 12.0. The molecule has 7 heteroatoms. The zero-order valence-corrected chi connectivity index (χ0v) is 14.2. The van der Waals surface area contributed by atoms with Gasteiger partial charge in [-0.1, -0.05) is 30.3 Å². The minimum absolute atomic E-state index is 0.183. The van der Waals surface area contributed by atoms with E-state index in [2.05, 4.69) is 15.6 Å². The third kappa shape index (κ3) is 4.19. The molecule has 0 saturated heterocycles. The Morgan fingerprint density at radius 1 is 1.12 bits per heavy atom. The fourth-order valence-corrected chi connectivity index (χ4v) is 3.21. The van der Waals surface area contributed by atoms with Crippen LogP contribution in [0.1, 0.15) is 10.6 Å². The number of nitrogens with one attached hydrogen (secondary N) is 2. The van der Waals surface area contributed by atoms with Gasteiger partial charge < -0.3 is 10.6 Å². The first-order valence-electron chi connectivity index (χ1n) is 7.54. The topological polar surface area (TPSA) is 54.0 Å². The Morgan fingerprint density at radius 2 is 1.88 bits per heavy atom. The molecule has 0 spiro atoms. The van der Waals surface area contributed by atoms with Gasteiger partial charge >= 0.3 is 6.03 Å². The number of carbonyl (C=O) groups is 1. The van der Waals surface area contributed by atoms with Crippen molar-refractivity contribution in [2.45, 2.75) is 13.5 Å². The lowest BCUT2D eigenvalue weighted by atomic mass is 10.2. The molecular weight excluding hydrogens is 344 g/mol. The number of hydrogen-bond donors (Lipinski definition) is 2. The van der Waals surface area contributed by atoms with Crippen molar-refractivity contribution in [3.05, 3.63) is 70.7 Å². The Balaban J connectivity index is 1.62. The van der Waals surface area contributed by atoms with Crippen LogP contribution < -0.4 is 10.6 Å². The van der Waals surface area contributed by atoms with Gasteiger partial charge in [0.1, 0.15) is 5.01 Å². The molecule has 0 saturated carbocycles. The maximum atomic E-state index is 13.1. The molecule has 0 radical (unpaired) electrons. The van der Waals surface area contributed by atoms with Crippen molar-refractivity contribution < 1.29 is 13.6 Å².